The zero-order chi connectivity index (χ0) is 48.3. The van der Waals surface area contributed by atoms with E-state index in [1.165, 1.54) is 206 Å². The Bertz CT molecular complexity index is 3920. The largest absolute Gasteiger partial charge is 0.375 e. The van der Waals surface area contributed by atoms with Crippen LogP contribution in [-0.2, 0) is 21.7 Å². The summed E-state index contributed by atoms with van der Waals surface area (Å²) in [6.45, 7) is 9.81. The van der Waals surface area contributed by atoms with Crippen LogP contribution in [0.3, 0.4) is 0 Å². The molecule has 0 unspecified atom stereocenters. The number of hydrogen-bond acceptors (Lipinski definition) is 1. The number of fused-ring (bicyclic) bond motifs is 19. The summed E-state index contributed by atoms with van der Waals surface area (Å²) in [5.41, 5.74) is 27.4. The summed E-state index contributed by atoms with van der Waals surface area (Å²) in [7, 11) is 0. The second-order valence-electron chi connectivity index (χ2n) is 26.0. The Morgan fingerprint density at radius 1 is 0.466 bits per heavy atom. The molecule has 4 fully saturated rings. The average Bonchev–Trinajstić information content (AvgIpc) is 3.96. The van der Waals surface area contributed by atoms with E-state index in [2.05, 4.69) is 177 Å². The summed E-state index contributed by atoms with van der Waals surface area (Å²) in [6, 6.07) is 56.9. The minimum absolute atomic E-state index is 0.0104. The monoisotopic (exact) mass is 945 g/mol. The van der Waals surface area contributed by atoms with Crippen molar-refractivity contribution in [3.05, 3.63) is 173 Å². The van der Waals surface area contributed by atoms with E-state index < -0.39 is 0 Å². The lowest BCUT2D eigenvalue weighted by molar-refractivity contribution is 0.149. The second-order valence-corrected chi connectivity index (χ2v) is 26.0. The number of anilines is 3. The Balaban J connectivity index is 1.01. The number of rotatable bonds is 3. The van der Waals surface area contributed by atoms with Crippen LogP contribution in [0.2, 0.25) is 0 Å². The van der Waals surface area contributed by atoms with Crippen molar-refractivity contribution in [3.8, 4) is 33.4 Å². The molecule has 0 amide bonds. The lowest BCUT2D eigenvalue weighted by Gasteiger charge is -2.46. The molecule has 2 aliphatic heterocycles. The first kappa shape index (κ1) is 42.1. The maximum atomic E-state index is 2.90. The smallest absolute Gasteiger partial charge is 0.333 e. The molecule has 2 nitrogen and oxygen atoms in total. The lowest BCUT2D eigenvalue weighted by atomic mass is 9.44. The first-order valence-electron chi connectivity index (χ1n) is 28.6. The van der Waals surface area contributed by atoms with Crippen LogP contribution in [0.15, 0.2) is 140 Å². The first-order valence-corrected chi connectivity index (χ1v) is 28.6. The fourth-order valence-corrected chi connectivity index (χ4v) is 18.4. The van der Waals surface area contributed by atoms with Crippen molar-refractivity contribution in [1.82, 2.24) is 4.48 Å². The van der Waals surface area contributed by atoms with Crippen molar-refractivity contribution in [3.63, 3.8) is 0 Å². The highest BCUT2D eigenvalue weighted by atomic mass is 15.2. The van der Waals surface area contributed by atoms with Crippen LogP contribution in [-0.4, -0.2) is 11.3 Å². The zero-order valence-corrected chi connectivity index (χ0v) is 43.3. The Labute approximate surface area is 431 Å². The molecule has 6 aliphatic carbocycles. The minimum atomic E-state index is -0.138. The summed E-state index contributed by atoms with van der Waals surface area (Å²) in [4.78, 5) is 2.73. The first-order chi connectivity index (χ1) is 35.6. The highest BCUT2D eigenvalue weighted by Gasteiger charge is 2.49. The molecule has 0 N–H and O–H groups in total. The summed E-state index contributed by atoms with van der Waals surface area (Å²) < 4.78 is 2.90. The van der Waals surface area contributed by atoms with Crippen LogP contribution in [0.1, 0.15) is 151 Å². The molecule has 9 aromatic rings. The molecule has 17 rings (SSSR count). The molecule has 0 spiro atoms. The topological polar surface area (TPSA) is 8.17 Å². The number of hydrogen-bond donors (Lipinski definition) is 0. The standard InChI is InChI=1S/C70H65BN2/c1-67(2)56-23-9-7-21-49(56)51-27-26-47(37-58(51)67)72-62-38-52-50-22-8-10-24-57(50)68(3,4)59(52)39-60(62)71-65-63(72)33-44-19-5-6-20-48(44)64(65)55-36-46(70-31-13-17-43(41-70)18-14-32-70)35-54-53-34-45(25-28-61(53)73(71)66(54)55)69-29-11-15-42(40-69)16-12-30-69/h5-10,19-28,33-39,42-43H,11-18,29-32,40-41H2,1-4H3. The maximum Gasteiger partial charge on any atom is 0.333 e. The fourth-order valence-electron chi connectivity index (χ4n) is 18.4. The molecule has 3 heteroatoms. The Morgan fingerprint density at radius 2 is 1.07 bits per heavy atom. The predicted molar refractivity (Wildman–Crippen MR) is 308 cm³/mol. The van der Waals surface area contributed by atoms with Gasteiger partial charge in [0.15, 0.2) is 0 Å². The summed E-state index contributed by atoms with van der Waals surface area (Å²) in [5.74, 6) is 1.74. The molecule has 1 aromatic heterocycles. The van der Waals surface area contributed by atoms with E-state index in [-0.39, 0.29) is 23.1 Å². The molecular formula is C70H65BN2. The van der Waals surface area contributed by atoms with Crippen LogP contribution in [0, 0.1) is 11.8 Å². The van der Waals surface area contributed by atoms with Gasteiger partial charge in [-0.2, -0.15) is 0 Å². The van der Waals surface area contributed by atoms with Crippen molar-refractivity contribution >= 4 is 67.4 Å². The summed E-state index contributed by atoms with van der Waals surface area (Å²) >= 11 is 0. The van der Waals surface area contributed by atoms with E-state index in [0.717, 1.165) is 11.8 Å². The third-order valence-electron chi connectivity index (χ3n) is 21.8. The van der Waals surface area contributed by atoms with Gasteiger partial charge in [-0.25, -0.2) is 0 Å². The Kier molecular flexibility index (Phi) is 8.24. The van der Waals surface area contributed by atoms with E-state index in [9.17, 15) is 0 Å². The van der Waals surface area contributed by atoms with Gasteiger partial charge in [0.25, 0.3) is 0 Å². The third-order valence-corrected chi connectivity index (χ3v) is 21.8. The highest BCUT2D eigenvalue weighted by Crippen LogP contribution is 2.58. The average molecular weight is 945 g/mol. The van der Waals surface area contributed by atoms with Crippen LogP contribution in [0.4, 0.5) is 17.1 Å². The van der Waals surface area contributed by atoms with Gasteiger partial charge >= 0.3 is 6.85 Å². The van der Waals surface area contributed by atoms with E-state index in [1.807, 2.05) is 0 Å². The van der Waals surface area contributed by atoms with Crippen molar-refractivity contribution in [1.29, 1.82) is 0 Å². The number of aromatic nitrogens is 1. The number of nitrogens with zero attached hydrogens (tertiary/aromatic N) is 2. The molecule has 0 saturated heterocycles. The van der Waals surface area contributed by atoms with Crippen molar-refractivity contribution < 1.29 is 0 Å². The normalized spacial score (nSPS) is 25.0. The summed E-state index contributed by atoms with van der Waals surface area (Å²) in [6.07, 6.45) is 19.2. The predicted octanol–water partition coefficient (Wildman–Crippen LogP) is 17.2. The SMILES string of the molecule is CC1(C)c2ccccc2-c2ccc(N3c4cc5c(cc4B4c6c3cc3ccccc3c6-c3cc(C67CCCC(CCC6)C7)cc6c7cc(C89CCCC(CCC8)C9)ccc7n4c36)C(C)(C)c3ccccc3-5)cc21. The van der Waals surface area contributed by atoms with E-state index in [4.69, 9.17) is 0 Å². The van der Waals surface area contributed by atoms with Gasteiger partial charge in [0.1, 0.15) is 0 Å². The molecule has 0 radical (unpaired) electrons. The Morgan fingerprint density at radius 3 is 1.78 bits per heavy atom. The molecule has 0 atom stereocenters. The molecule has 3 heterocycles. The van der Waals surface area contributed by atoms with E-state index in [0.29, 0.717) is 5.41 Å². The zero-order valence-electron chi connectivity index (χ0n) is 43.3. The fraction of sp³-hybridized carbons (Fsp3) is 0.343. The van der Waals surface area contributed by atoms with Gasteiger partial charge in [0.2, 0.25) is 0 Å². The minimum Gasteiger partial charge on any atom is -0.375 e. The van der Waals surface area contributed by atoms with Crippen LogP contribution in [0.5, 0.6) is 0 Å². The van der Waals surface area contributed by atoms with Gasteiger partial charge in [0, 0.05) is 55.3 Å². The van der Waals surface area contributed by atoms with Crippen LogP contribution in [0.25, 0.3) is 66.0 Å². The molecule has 8 aromatic carbocycles. The van der Waals surface area contributed by atoms with Gasteiger partial charge in [0.05, 0.1) is 0 Å². The Hall–Kier alpha value is -6.32. The summed E-state index contributed by atoms with van der Waals surface area (Å²) in [5, 5.41) is 5.72. The molecule has 4 saturated carbocycles. The van der Waals surface area contributed by atoms with E-state index >= 15 is 0 Å². The molecule has 73 heavy (non-hydrogen) atoms. The van der Waals surface area contributed by atoms with Crippen LogP contribution < -0.4 is 15.8 Å². The maximum absolute atomic E-state index is 2.90. The molecule has 4 bridgehead atoms. The number of benzene rings is 8. The van der Waals surface area contributed by atoms with E-state index in [1.54, 1.807) is 11.1 Å². The van der Waals surface area contributed by atoms with Gasteiger partial charge in [-0.05, 0) is 193 Å². The second kappa shape index (κ2) is 14.3. The van der Waals surface area contributed by atoms with Crippen molar-refractivity contribution in [2.24, 2.45) is 11.8 Å². The lowest BCUT2D eigenvalue weighted by Crippen LogP contribution is -2.57. The third kappa shape index (κ3) is 5.37. The highest BCUT2D eigenvalue weighted by molar-refractivity contribution is 6.90. The van der Waals surface area contributed by atoms with Gasteiger partial charge in [-0.1, -0.05) is 170 Å². The van der Waals surface area contributed by atoms with Gasteiger partial charge in [-0.3, -0.25) is 0 Å². The quantitative estimate of drug-likeness (QED) is 0.160. The molecular weight excluding hydrogens is 880 g/mol. The van der Waals surface area contributed by atoms with Gasteiger partial charge in [-0.15, -0.1) is 0 Å². The molecule has 358 valence electrons. The van der Waals surface area contributed by atoms with Gasteiger partial charge < -0.3 is 9.38 Å². The van der Waals surface area contributed by atoms with Crippen molar-refractivity contribution in [2.45, 2.75) is 139 Å². The van der Waals surface area contributed by atoms with Crippen molar-refractivity contribution in [2.75, 3.05) is 4.90 Å². The molecule has 8 aliphatic rings. The van der Waals surface area contributed by atoms with Crippen LogP contribution >= 0.6 is 0 Å².